The Labute approximate surface area is 75.7 Å². The second-order valence-corrected chi connectivity index (χ2v) is 5.06. The van der Waals surface area contributed by atoms with Crippen molar-refractivity contribution in [3.05, 3.63) is 0 Å². The van der Waals surface area contributed by atoms with Crippen LogP contribution in [0.25, 0.3) is 0 Å². The first-order valence-corrected chi connectivity index (χ1v) is 4.36. The number of nitrogens with one attached hydrogen (secondary N) is 1. The van der Waals surface area contributed by atoms with Gasteiger partial charge >= 0.3 is 0 Å². The molecule has 0 aromatic heterocycles. The molecule has 0 aliphatic carbocycles. The van der Waals surface area contributed by atoms with Gasteiger partial charge in [0.15, 0.2) is 0 Å². The van der Waals surface area contributed by atoms with Gasteiger partial charge in [0.25, 0.3) is 0 Å². The second-order valence-electron chi connectivity index (χ2n) is 5.06. The van der Waals surface area contributed by atoms with Gasteiger partial charge in [0, 0.05) is 17.1 Å². The van der Waals surface area contributed by atoms with Gasteiger partial charge < -0.3 is 17.2 Å². The van der Waals surface area contributed by atoms with Gasteiger partial charge in [-0.2, -0.15) is 0 Å². The minimum Gasteiger partial charge on any atom is -0.344 e. The fourth-order valence-electron chi connectivity index (χ4n) is 2.40. The maximum Gasteiger partial charge on any atom is 0.0144 e. The van der Waals surface area contributed by atoms with E-state index in [1.54, 1.807) is 0 Å². The van der Waals surface area contributed by atoms with E-state index in [2.05, 4.69) is 33.0 Å². The van der Waals surface area contributed by atoms with Gasteiger partial charge in [-0.3, -0.25) is 0 Å². The van der Waals surface area contributed by atoms with E-state index in [1.807, 2.05) is 0 Å². The summed E-state index contributed by atoms with van der Waals surface area (Å²) < 4.78 is 0. The molecule has 0 amide bonds. The quantitative estimate of drug-likeness (QED) is 0.518. The van der Waals surface area contributed by atoms with Crippen molar-refractivity contribution in [3.63, 3.8) is 0 Å². The Balaban J connectivity index is 0.00000121. The molecule has 12 heavy (non-hydrogen) atoms. The first kappa shape index (κ1) is 11.9. The van der Waals surface area contributed by atoms with Gasteiger partial charge in [-0.25, -0.2) is 0 Å². The molecule has 0 atom stereocenters. The monoisotopic (exact) mass is 173 g/mol. The zero-order valence-corrected chi connectivity index (χ0v) is 8.78. The number of piperidine rings is 1. The Morgan fingerprint density at radius 3 is 1.67 bits per heavy atom. The molecule has 0 saturated carbocycles. The summed E-state index contributed by atoms with van der Waals surface area (Å²) in [5, 5.41) is 3.58. The Kier molecular flexibility index (Phi) is 3.29. The molecule has 0 aromatic rings. The Morgan fingerprint density at radius 2 is 1.42 bits per heavy atom. The summed E-state index contributed by atoms with van der Waals surface area (Å²) in [6, 6.07) is 0.362. The van der Waals surface area contributed by atoms with Crippen molar-refractivity contribution in [2.24, 2.45) is 5.73 Å². The summed E-state index contributed by atoms with van der Waals surface area (Å²) >= 11 is 0. The minimum absolute atomic E-state index is 0. The van der Waals surface area contributed by atoms with Crippen LogP contribution in [0.15, 0.2) is 0 Å². The molecule has 3 nitrogen and oxygen atoms in total. The van der Waals surface area contributed by atoms with E-state index in [4.69, 9.17) is 5.73 Å². The predicted molar refractivity (Wildman–Crippen MR) is 53.5 cm³/mol. The molecule has 3 heteroatoms. The van der Waals surface area contributed by atoms with Crippen molar-refractivity contribution in [3.8, 4) is 0 Å². The molecule has 1 aliphatic rings. The molecule has 6 N–H and O–H groups in total. The fourth-order valence-corrected chi connectivity index (χ4v) is 2.40. The average Bonchev–Trinajstić information content (AvgIpc) is 1.49. The standard InChI is InChI=1S/C9H20N2.H3N/c1-8(2)5-7(10)6-9(3,4)11-8;/h7,11H,5-6,10H2,1-4H3;1H3. The molecule has 1 aliphatic heterocycles. The maximum absolute atomic E-state index is 5.95. The highest BCUT2D eigenvalue weighted by Crippen LogP contribution is 2.26. The normalized spacial score (nSPS) is 27.8. The SMILES string of the molecule is CC1(C)CC(N)CC(C)(C)N1.N. The van der Waals surface area contributed by atoms with E-state index in [1.165, 1.54) is 0 Å². The van der Waals surface area contributed by atoms with Crippen LogP contribution < -0.4 is 17.2 Å². The Bertz CT molecular complexity index is 136. The van der Waals surface area contributed by atoms with Crippen LogP contribution in [0.5, 0.6) is 0 Å². The highest BCUT2D eigenvalue weighted by atomic mass is 15.1. The molecule has 0 radical (unpaired) electrons. The fraction of sp³-hybridized carbons (Fsp3) is 1.00. The third kappa shape index (κ3) is 3.09. The summed E-state index contributed by atoms with van der Waals surface area (Å²) in [6.07, 6.45) is 2.16. The minimum atomic E-state index is 0. The van der Waals surface area contributed by atoms with Crippen LogP contribution >= 0.6 is 0 Å². The number of hydrogen-bond donors (Lipinski definition) is 3. The van der Waals surface area contributed by atoms with E-state index in [0.29, 0.717) is 6.04 Å². The van der Waals surface area contributed by atoms with Crippen LogP contribution in [0.1, 0.15) is 40.5 Å². The molecule has 1 saturated heterocycles. The smallest absolute Gasteiger partial charge is 0.0144 e. The largest absolute Gasteiger partial charge is 0.344 e. The maximum atomic E-state index is 5.95. The molecule has 0 aromatic carbocycles. The summed E-state index contributed by atoms with van der Waals surface area (Å²) in [5.41, 5.74) is 6.36. The van der Waals surface area contributed by atoms with Crippen LogP contribution in [0, 0.1) is 0 Å². The third-order valence-corrected chi connectivity index (χ3v) is 2.22. The molecule has 0 bridgehead atoms. The highest BCUT2D eigenvalue weighted by Gasteiger charge is 2.35. The lowest BCUT2D eigenvalue weighted by molar-refractivity contribution is 0.163. The van der Waals surface area contributed by atoms with Crippen molar-refractivity contribution in [1.82, 2.24) is 11.5 Å². The molecule has 0 unspecified atom stereocenters. The van der Waals surface area contributed by atoms with Gasteiger partial charge in [0.1, 0.15) is 0 Å². The van der Waals surface area contributed by atoms with Crippen LogP contribution in [0.2, 0.25) is 0 Å². The van der Waals surface area contributed by atoms with E-state index in [-0.39, 0.29) is 17.2 Å². The van der Waals surface area contributed by atoms with E-state index in [9.17, 15) is 0 Å². The number of rotatable bonds is 0. The first-order chi connectivity index (χ1) is 4.81. The average molecular weight is 173 g/mol. The highest BCUT2D eigenvalue weighted by molar-refractivity contribution is 4.98. The summed E-state index contributed by atoms with van der Waals surface area (Å²) in [6.45, 7) is 8.86. The Morgan fingerprint density at radius 1 is 1.08 bits per heavy atom. The third-order valence-electron chi connectivity index (χ3n) is 2.22. The van der Waals surface area contributed by atoms with Crippen LogP contribution in [-0.2, 0) is 0 Å². The van der Waals surface area contributed by atoms with Gasteiger partial charge in [-0.15, -0.1) is 0 Å². The second kappa shape index (κ2) is 3.32. The van der Waals surface area contributed by atoms with Gasteiger partial charge in [-0.05, 0) is 40.5 Å². The van der Waals surface area contributed by atoms with Crippen molar-refractivity contribution in [2.75, 3.05) is 0 Å². The van der Waals surface area contributed by atoms with Crippen molar-refractivity contribution >= 4 is 0 Å². The van der Waals surface area contributed by atoms with Crippen LogP contribution in [0.3, 0.4) is 0 Å². The van der Waals surface area contributed by atoms with Crippen molar-refractivity contribution in [1.29, 1.82) is 0 Å². The molecule has 0 spiro atoms. The van der Waals surface area contributed by atoms with E-state index >= 15 is 0 Å². The molecular weight excluding hydrogens is 150 g/mol. The van der Waals surface area contributed by atoms with Gasteiger partial charge in [0.05, 0.1) is 0 Å². The van der Waals surface area contributed by atoms with E-state index in [0.717, 1.165) is 12.8 Å². The number of nitrogens with two attached hydrogens (primary N) is 1. The van der Waals surface area contributed by atoms with Crippen LogP contribution in [0.4, 0.5) is 0 Å². The van der Waals surface area contributed by atoms with Gasteiger partial charge in [-0.1, -0.05) is 0 Å². The lowest BCUT2D eigenvalue weighted by Gasteiger charge is -2.45. The zero-order chi connectivity index (χ0) is 8.70. The van der Waals surface area contributed by atoms with Crippen LogP contribution in [-0.4, -0.2) is 17.1 Å². The van der Waals surface area contributed by atoms with E-state index < -0.39 is 0 Å². The lowest BCUT2D eigenvalue weighted by Crippen LogP contribution is -2.60. The molecule has 74 valence electrons. The molecule has 1 fully saturated rings. The molecule has 1 rings (SSSR count). The molecule has 1 heterocycles. The lowest BCUT2D eigenvalue weighted by atomic mass is 9.80. The topological polar surface area (TPSA) is 73.0 Å². The predicted octanol–water partition coefficient (Wildman–Crippen LogP) is 1.42. The van der Waals surface area contributed by atoms with Crippen molar-refractivity contribution in [2.45, 2.75) is 57.7 Å². The summed E-state index contributed by atoms with van der Waals surface area (Å²) in [7, 11) is 0. The number of hydrogen-bond acceptors (Lipinski definition) is 3. The Hall–Kier alpha value is -0.120. The van der Waals surface area contributed by atoms with Crippen molar-refractivity contribution < 1.29 is 0 Å². The zero-order valence-electron chi connectivity index (χ0n) is 8.78. The summed E-state index contributed by atoms with van der Waals surface area (Å²) in [4.78, 5) is 0. The first-order valence-electron chi connectivity index (χ1n) is 4.36. The summed E-state index contributed by atoms with van der Waals surface area (Å²) in [5.74, 6) is 0. The molecular formula is C9H23N3. The van der Waals surface area contributed by atoms with Gasteiger partial charge in [0.2, 0.25) is 0 Å².